The summed E-state index contributed by atoms with van der Waals surface area (Å²) >= 11 is 0. The van der Waals surface area contributed by atoms with Gasteiger partial charge in [0.1, 0.15) is 0 Å². The fourth-order valence-electron chi connectivity index (χ4n) is 3.40. The van der Waals surface area contributed by atoms with Gasteiger partial charge in [0.25, 0.3) is 0 Å². The molecule has 3 rings (SSSR count). The van der Waals surface area contributed by atoms with Gasteiger partial charge in [0.2, 0.25) is 0 Å². The van der Waals surface area contributed by atoms with Gasteiger partial charge in [-0.15, -0.1) is 0 Å². The average Bonchev–Trinajstić information content (AvgIpc) is 2.75. The van der Waals surface area contributed by atoms with Gasteiger partial charge in [-0.05, 0) is 49.4 Å². The van der Waals surface area contributed by atoms with Crippen molar-refractivity contribution in [3.8, 4) is 0 Å². The lowest BCUT2D eigenvalue weighted by Crippen LogP contribution is -2.23. The first-order valence-corrected chi connectivity index (χ1v) is 7.08. The maximum Gasteiger partial charge on any atom is 0.0355 e. The lowest BCUT2D eigenvalue weighted by atomic mass is 9.92. The first-order chi connectivity index (χ1) is 9.28. The van der Waals surface area contributed by atoms with Gasteiger partial charge in [0.15, 0.2) is 0 Å². The van der Waals surface area contributed by atoms with Gasteiger partial charge >= 0.3 is 0 Å². The van der Waals surface area contributed by atoms with Crippen molar-refractivity contribution < 1.29 is 0 Å². The molecular weight excluding hydrogens is 230 g/mol. The maximum absolute atomic E-state index is 3.51. The number of nitrogens with one attached hydrogen (secondary N) is 1. The lowest BCUT2D eigenvalue weighted by molar-refractivity contribution is 0.410. The van der Waals surface area contributed by atoms with Crippen molar-refractivity contribution in [1.29, 1.82) is 0 Å². The molecular formula is C18H21N. The summed E-state index contributed by atoms with van der Waals surface area (Å²) in [5, 5.41) is 3.51. The third-order valence-electron chi connectivity index (χ3n) is 4.24. The van der Waals surface area contributed by atoms with E-state index in [0.717, 1.165) is 6.42 Å². The summed E-state index contributed by atoms with van der Waals surface area (Å²) in [6.07, 6.45) is 2.34. The Morgan fingerprint density at radius 3 is 2.74 bits per heavy atom. The summed E-state index contributed by atoms with van der Waals surface area (Å²) in [5.41, 5.74) is 5.81. The highest BCUT2D eigenvalue weighted by molar-refractivity contribution is 5.36. The Hall–Kier alpha value is -1.60. The van der Waals surface area contributed by atoms with E-state index in [-0.39, 0.29) is 0 Å². The third-order valence-corrected chi connectivity index (χ3v) is 4.24. The predicted molar refractivity (Wildman–Crippen MR) is 80.3 cm³/mol. The number of rotatable bonds is 3. The van der Waals surface area contributed by atoms with Gasteiger partial charge in [-0.2, -0.15) is 0 Å². The Morgan fingerprint density at radius 2 is 1.95 bits per heavy atom. The second-order valence-electron chi connectivity index (χ2n) is 5.62. The zero-order valence-corrected chi connectivity index (χ0v) is 11.7. The van der Waals surface area contributed by atoms with Gasteiger partial charge < -0.3 is 5.32 Å². The largest absolute Gasteiger partial charge is 0.313 e. The minimum Gasteiger partial charge on any atom is -0.313 e. The van der Waals surface area contributed by atoms with Crippen LogP contribution in [0.3, 0.4) is 0 Å². The summed E-state index contributed by atoms with van der Waals surface area (Å²) in [6, 6.07) is 18.3. The topological polar surface area (TPSA) is 12.0 Å². The van der Waals surface area contributed by atoms with Crippen LogP contribution in [0.25, 0.3) is 0 Å². The molecule has 1 nitrogen and oxygen atoms in total. The molecule has 98 valence electrons. The minimum absolute atomic E-state index is 0.497. The van der Waals surface area contributed by atoms with Crippen LogP contribution in [0.15, 0.2) is 48.5 Å². The molecule has 1 aliphatic carbocycles. The van der Waals surface area contributed by atoms with Crippen molar-refractivity contribution in [2.45, 2.75) is 25.8 Å². The van der Waals surface area contributed by atoms with E-state index in [1.807, 2.05) is 0 Å². The molecule has 0 aliphatic heterocycles. The van der Waals surface area contributed by atoms with Crippen LogP contribution in [0.5, 0.6) is 0 Å². The number of hydrogen-bond acceptors (Lipinski definition) is 1. The highest BCUT2D eigenvalue weighted by Crippen LogP contribution is 2.37. The molecule has 1 aliphatic rings. The van der Waals surface area contributed by atoms with Gasteiger partial charge in [0, 0.05) is 6.04 Å². The smallest absolute Gasteiger partial charge is 0.0355 e. The summed E-state index contributed by atoms with van der Waals surface area (Å²) in [5.74, 6) is 0.671. The minimum atomic E-state index is 0.497. The summed E-state index contributed by atoms with van der Waals surface area (Å²) < 4.78 is 0. The third kappa shape index (κ3) is 2.43. The van der Waals surface area contributed by atoms with Crippen LogP contribution in [-0.4, -0.2) is 7.05 Å². The number of benzene rings is 2. The van der Waals surface area contributed by atoms with Gasteiger partial charge in [0.05, 0.1) is 0 Å². The molecule has 0 spiro atoms. The molecule has 2 unspecified atom stereocenters. The maximum atomic E-state index is 3.51. The Balaban J connectivity index is 1.83. The van der Waals surface area contributed by atoms with E-state index in [2.05, 4.69) is 67.8 Å². The first kappa shape index (κ1) is 12.4. The van der Waals surface area contributed by atoms with Gasteiger partial charge in [-0.25, -0.2) is 0 Å². The molecule has 0 fully saturated rings. The first-order valence-electron chi connectivity index (χ1n) is 7.08. The molecule has 2 aromatic rings. The predicted octanol–water partition coefficient (Wildman–Crippen LogP) is 3.67. The second kappa shape index (κ2) is 5.18. The lowest BCUT2D eigenvalue weighted by Gasteiger charge is -2.20. The van der Waals surface area contributed by atoms with Crippen molar-refractivity contribution in [1.82, 2.24) is 5.32 Å². The van der Waals surface area contributed by atoms with Crippen LogP contribution >= 0.6 is 0 Å². The fraction of sp³-hybridized carbons (Fsp3) is 0.333. The average molecular weight is 251 g/mol. The van der Waals surface area contributed by atoms with Crippen LogP contribution in [-0.2, 0) is 12.8 Å². The summed E-state index contributed by atoms with van der Waals surface area (Å²) in [7, 11) is 2.08. The van der Waals surface area contributed by atoms with E-state index in [4.69, 9.17) is 0 Å². The standard InChI is InChI=1S/C18H21N/c1-13-6-5-7-14(10-13)11-16-12-15-8-3-4-9-17(15)18(16)19-2/h3-10,16,18-19H,11-12H2,1-2H3. The van der Waals surface area contributed by atoms with Crippen molar-refractivity contribution in [3.63, 3.8) is 0 Å². The molecule has 0 radical (unpaired) electrons. The Morgan fingerprint density at radius 1 is 1.11 bits per heavy atom. The van der Waals surface area contributed by atoms with E-state index in [1.165, 1.54) is 28.7 Å². The highest BCUT2D eigenvalue weighted by Gasteiger charge is 2.30. The number of fused-ring (bicyclic) bond motifs is 1. The quantitative estimate of drug-likeness (QED) is 0.877. The van der Waals surface area contributed by atoms with Crippen LogP contribution in [0.2, 0.25) is 0 Å². The van der Waals surface area contributed by atoms with E-state index in [9.17, 15) is 0 Å². The molecule has 0 amide bonds. The molecule has 19 heavy (non-hydrogen) atoms. The Bertz CT molecular complexity index is 573. The van der Waals surface area contributed by atoms with Crippen LogP contribution in [0.4, 0.5) is 0 Å². The molecule has 0 heterocycles. The summed E-state index contributed by atoms with van der Waals surface area (Å²) in [6.45, 7) is 2.17. The molecule has 2 atom stereocenters. The molecule has 0 saturated carbocycles. The normalized spacial score (nSPS) is 21.4. The Kier molecular flexibility index (Phi) is 3.39. The second-order valence-corrected chi connectivity index (χ2v) is 5.62. The number of hydrogen-bond donors (Lipinski definition) is 1. The van der Waals surface area contributed by atoms with Crippen molar-refractivity contribution in [3.05, 3.63) is 70.8 Å². The van der Waals surface area contributed by atoms with E-state index >= 15 is 0 Å². The fourth-order valence-corrected chi connectivity index (χ4v) is 3.40. The molecule has 0 bridgehead atoms. The molecule has 1 N–H and O–H groups in total. The van der Waals surface area contributed by atoms with E-state index in [1.54, 1.807) is 0 Å². The van der Waals surface area contributed by atoms with E-state index in [0.29, 0.717) is 12.0 Å². The van der Waals surface area contributed by atoms with E-state index < -0.39 is 0 Å². The van der Waals surface area contributed by atoms with Crippen LogP contribution < -0.4 is 5.32 Å². The summed E-state index contributed by atoms with van der Waals surface area (Å²) in [4.78, 5) is 0. The van der Waals surface area contributed by atoms with Crippen molar-refractivity contribution >= 4 is 0 Å². The zero-order valence-electron chi connectivity index (χ0n) is 11.7. The molecule has 1 heteroatoms. The number of aryl methyl sites for hydroxylation is 1. The van der Waals surface area contributed by atoms with Crippen molar-refractivity contribution in [2.24, 2.45) is 5.92 Å². The zero-order chi connectivity index (χ0) is 13.2. The van der Waals surface area contributed by atoms with Crippen molar-refractivity contribution in [2.75, 3.05) is 7.05 Å². The molecule has 0 saturated heterocycles. The van der Waals surface area contributed by atoms with Gasteiger partial charge in [-0.3, -0.25) is 0 Å². The molecule has 2 aromatic carbocycles. The molecule has 0 aromatic heterocycles. The highest BCUT2D eigenvalue weighted by atomic mass is 14.9. The monoisotopic (exact) mass is 251 g/mol. The van der Waals surface area contributed by atoms with Gasteiger partial charge in [-0.1, -0.05) is 54.1 Å². The Labute approximate surface area is 115 Å². The van der Waals surface area contributed by atoms with Crippen LogP contribution in [0.1, 0.15) is 28.3 Å². The SMILES string of the molecule is CNC1c2ccccc2CC1Cc1cccc(C)c1. The van der Waals surface area contributed by atoms with Crippen LogP contribution in [0, 0.1) is 12.8 Å².